The summed E-state index contributed by atoms with van der Waals surface area (Å²) in [6, 6.07) is 20.5. The number of fused-ring (bicyclic) bond motifs is 3. The Kier molecular flexibility index (Phi) is 6.57. The first-order chi connectivity index (χ1) is 16.5. The quantitative estimate of drug-likeness (QED) is 0.372. The summed E-state index contributed by atoms with van der Waals surface area (Å²) >= 11 is 3.11. The normalized spacial score (nSPS) is 13.2. The number of carbonyl (C=O) groups excluding carboxylic acids is 1. The Hall–Kier alpha value is -2.90. The molecule has 34 heavy (non-hydrogen) atoms. The van der Waals surface area contributed by atoms with Crippen LogP contribution in [-0.4, -0.2) is 28.2 Å². The van der Waals surface area contributed by atoms with Crippen molar-refractivity contribution in [1.29, 1.82) is 0 Å². The molecule has 0 unspecified atom stereocenters. The maximum atomic E-state index is 12.7. The van der Waals surface area contributed by atoms with Gasteiger partial charge in [-0.15, -0.1) is 23.1 Å². The van der Waals surface area contributed by atoms with Crippen molar-refractivity contribution < 1.29 is 4.79 Å². The monoisotopic (exact) mass is 489 g/mol. The van der Waals surface area contributed by atoms with Crippen LogP contribution >= 0.6 is 23.1 Å². The molecule has 1 aliphatic rings. The first-order valence-corrected chi connectivity index (χ1v) is 13.5. The van der Waals surface area contributed by atoms with E-state index in [4.69, 9.17) is 0 Å². The van der Waals surface area contributed by atoms with E-state index in [9.17, 15) is 9.59 Å². The zero-order valence-electron chi connectivity index (χ0n) is 19.1. The van der Waals surface area contributed by atoms with E-state index >= 15 is 0 Å². The Balaban J connectivity index is 1.22. The third-order valence-corrected chi connectivity index (χ3v) is 8.69. The van der Waals surface area contributed by atoms with Gasteiger partial charge < -0.3 is 10.3 Å². The van der Waals surface area contributed by atoms with Gasteiger partial charge in [0.15, 0.2) is 0 Å². The number of aromatic amines is 1. The van der Waals surface area contributed by atoms with Crippen molar-refractivity contribution in [2.24, 2.45) is 0 Å². The molecule has 0 radical (unpaired) electrons. The number of rotatable bonds is 8. The van der Waals surface area contributed by atoms with Crippen molar-refractivity contribution in [3.63, 3.8) is 0 Å². The van der Waals surface area contributed by atoms with E-state index in [1.54, 1.807) is 11.3 Å². The molecule has 0 spiro atoms. The molecule has 7 heteroatoms. The van der Waals surface area contributed by atoms with Crippen LogP contribution in [0.4, 0.5) is 0 Å². The molecule has 2 heterocycles. The number of hydrogen-bond acceptors (Lipinski definition) is 5. The molecule has 2 aromatic heterocycles. The van der Waals surface area contributed by atoms with Gasteiger partial charge in [-0.25, -0.2) is 4.98 Å². The molecule has 174 valence electrons. The molecule has 1 amide bonds. The van der Waals surface area contributed by atoms with Crippen LogP contribution in [0.15, 0.2) is 65.5 Å². The van der Waals surface area contributed by atoms with E-state index in [0.29, 0.717) is 23.9 Å². The average Bonchev–Trinajstić information content (AvgIpc) is 3.45. The Bertz CT molecular complexity index is 1320. The molecule has 4 aromatic rings. The smallest absolute Gasteiger partial charge is 0.259 e. The van der Waals surface area contributed by atoms with Gasteiger partial charge in [0.1, 0.15) is 10.7 Å². The molecule has 0 saturated heterocycles. The van der Waals surface area contributed by atoms with Crippen molar-refractivity contribution in [2.75, 3.05) is 12.3 Å². The molecule has 5 nitrogen and oxygen atoms in total. The second-order valence-corrected chi connectivity index (χ2v) is 11.0. The third kappa shape index (κ3) is 4.55. The van der Waals surface area contributed by atoms with Crippen LogP contribution in [0.5, 0.6) is 0 Å². The predicted octanol–water partition coefficient (Wildman–Crippen LogP) is 4.83. The molecule has 0 saturated carbocycles. The molecule has 2 N–H and O–H groups in total. The van der Waals surface area contributed by atoms with E-state index in [0.717, 1.165) is 40.6 Å². The van der Waals surface area contributed by atoms with Gasteiger partial charge in [-0.1, -0.05) is 60.7 Å². The predicted molar refractivity (Wildman–Crippen MR) is 141 cm³/mol. The van der Waals surface area contributed by atoms with Gasteiger partial charge >= 0.3 is 0 Å². The van der Waals surface area contributed by atoms with Crippen LogP contribution in [-0.2, 0) is 28.8 Å². The van der Waals surface area contributed by atoms with Crippen molar-refractivity contribution >= 4 is 39.2 Å². The topological polar surface area (TPSA) is 74.8 Å². The molecule has 5 rings (SSSR count). The van der Waals surface area contributed by atoms with Crippen molar-refractivity contribution in [1.82, 2.24) is 15.3 Å². The third-order valence-electron chi connectivity index (χ3n) is 6.56. The molecule has 0 fully saturated rings. The summed E-state index contributed by atoms with van der Waals surface area (Å²) in [5.41, 5.74) is 3.12. The van der Waals surface area contributed by atoms with E-state index in [2.05, 4.69) is 46.5 Å². The van der Waals surface area contributed by atoms with Gasteiger partial charge in [0.2, 0.25) is 5.91 Å². The summed E-state index contributed by atoms with van der Waals surface area (Å²) in [7, 11) is 0. The Labute approximate surface area is 207 Å². The zero-order valence-corrected chi connectivity index (χ0v) is 20.7. The van der Waals surface area contributed by atoms with Gasteiger partial charge in [-0.2, -0.15) is 0 Å². The summed E-state index contributed by atoms with van der Waals surface area (Å²) in [5, 5.41) is 3.89. The largest absolute Gasteiger partial charge is 0.354 e. The van der Waals surface area contributed by atoms with Gasteiger partial charge in [-0.3, -0.25) is 9.59 Å². The van der Waals surface area contributed by atoms with Crippen LogP contribution < -0.4 is 10.9 Å². The lowest BCUT2D eigenvalue weighted by molar-refractivity contribution is -0.118. The number of aryl methyl sites for hydroxylation is 2. The highest BCUT2D eigenvalue weighted by Crippen LogP contribution is 2.34. The number of nitrogens with zero attached hydrogens (tertiary/aromatic N) is 1. The minimum Gasteiger partial charge on any atom is -0.354 e. The first-order valence-electron chi connectivity index (χ1n) is 11.5. The first kappa shape index (κ1) is 22.9. The van der Waals surface area contributed by atoms with E-state index in [-0.39, 0.29) is 16.9 Å². The highest BCUT2D eigenvalue weighted by molar-refractivity contribution is 7.99. The number of amides is 1. The molecular weight excluding hydrogens is 462 g/mol. The number of benzene rings is 2. The zero-order chi connectivity index (χ0) is 23.5. The molecule has 1 aliphatic carbocycles. The highest BCUT2D eigenvalue weighted by Gasteiger charge is 2.29. The van der Waals surface area contributed by atoms with Crippen molar-refractivity contribution in [2.45, 2.75) is 37.4 Å². The van der Waals surface area contributed by atoms with Crippen LogP contribution in [0.3, 0.4) is 0 Å². The lowest BCUT2D eigenvalue weighted by atomic mass is 9.76. The van der Waals surface area contributed by atoms with Gasteiger partial charge in [0, 0.05) is 16.8 Å². The molecule has 2 aromatic carbocycles. The molecule has 0 aliphatic heterocycles. The van der Waals surface area contributed by atoms with Gasteiger partial charge in [-0.05, 0) is 42.9 Å². The number of thioether (sulfide) groups is 1. The number of aromatic nitrogens is 2. The Morgan fingerprint density at radius 3 is 2.44 bits per heavy atom. The SMILES string of the molecule is CC(CNC(=O)CSCc1nc2sc3c(c2c(=O)[nH]1)CCC3)(c1ccccc1)c1ccccc1. The van der Waals surface area contributed by atoms with E-state index in [1.165, 1.54) is 22.2 Å². The van der Waals surface area contributed by atoms with Crippen molar-refractivity contribution in [3.05, 3.63) is 98.4 Å². The van der Waals surface area contributed by atoms with Gasteiger partial charge in [0.05, 0.1) is 16.9 Å². The summed E-state index contributed by atoms with van der Waals surface area (Å²) in [6.07, 6.45) is 3.14. The van der Waals surface area contributed by atoms with Crippen LogP contribution in [0.2, 0.25) is 0 Å². The fraction of sp³-hybridized carbons (Fsp3) is 0.296. The lowest BCUT2D eigenvalue weighted by Gasteiger charge is -2.31. The highest BCUT2D eigenvalue weighted by atomic mass is 32.2. The standard InChI is InChI=1S/C27H27N3O2S2/c1-27(18-9-4-2-5-10-18,19-11-6-3-7-12-19)17-28-23(31)16-33-15-22-29-25(32)24-20-13-8-14-21(20)34-26(24)30-22/h2-7,9-12H,8,13-17H2,1H3,(H,28,31)(H,29,30,32). The summed E-state index contributed by atoms with van der Waals surface area (Å²) in [5.74, 6) is 1.41. The Morgan fingerprint density at radius 2 is 1.76 bits per heavy atom. The second kappa shape index (κ2) is 9.76. The van der Waals surface area contributed by atoms with E-state index < -0.39 is 0 Å². The maximum Gasteiger partial charge on any atom is 0.259 e. The molecule has 0 bridgehead atoms. The average molecular weight is 490 g/mol. The fourth-order valence-electron chi connectivity index (χ4n) is 4.66. The summed E-state index contributed by atoms with van der Waals surface area (Å²) < 4.78 is 0. The fourth-order valence-corrected chi connectivity index (χ4v) is 6.67. The minimum absolute atomic E-state index is 0.0263. The molecule has 0 atom stereocenters. The number of thiophene rings is 1. The Morgan fingerprint density at radius 1 is 1.09 bits per heavy atom. The summed E-state index contributed by atoms with van der Waals surface area (Å²) in [4.78, 5) is 35.0. The number of hydrogen-bond donors (Lipinski definition) is 2. The molecular formula is C27H27N3O2S2. The van der Waals surface area contributed by atoms with Crippen LogP contribution in [0.25, 0.3) is 10.2 Å². The van der Waals surface area contributed by atoms with E-state index in [1.807, 2.05) is 36.4 Å². The van der Waals surface area contributed by atoms with Crippen molar-refractivity contribution in [3.8, 4) is 0 Å². The number of H-pyrrole nitrogens is 1. The number of carbonyl (C=O) groups is 1. The summed E-state index contributed by atoms with van der Waals surface area (Å²) in [6.45, 7) is 2.66. The second-order valence-electron chi connectivity index (χ2n) is 8.88. The maximum absolute atomic E-state index is 12.7. The van der Waals surface area contributed by atoms with Crippen LogP contribution in [0.1, 0.15) is 40.7 Å². The van der Waals surface area contributed by atoms with Crippen LogP contribution in [0, 0.1) is 0 Å². The lowest BCUT2D eigenvalue weighted by Crippen LogP contribution is -2.40. The minimum atomic E-state index is -0.333. The van der Waals surface area contributed by atoms with Gasteiger partial charge in [0.25, 0.3) is 5.56 Å². The number of nitrogens with one attached hydrogen (secondary N) is 2.